The lowest BCUT2D eigenvalue weighted by molar-refractivity contribution is -0.152. The van der Waals surface area contributed by atoms with Crippen molar-refractivity contribution in [1.82, 2.24) is 30.1 Å². The fourth-order valence-corrected chi connectivity index (χ4v) is 5.25. The molecule has 162 valence electrons. The maximum Gasteiger partial charge on any atom is 0.271 e. The highest BCUT2D eigenvalue weighted by molar-refractivity contribution is 6.02. The Morgan fingerprint density at radius 1 is 1.19 bits per heavy atom. The molecule has 4 amide bonds. The number of fused-ring (bicyclic) bond motifs is 4. The maximum absolute atomic E-state index is 13.1. The molecule has 4 aliphatic rings. The Labute approximate surface area is 178 Å². The Balaban J connectivity index is 1.25. The number of hydrogen-bond donors (Lipinski definition) is 2. The van der Waals surface area contributed by atoms with Crippen LogP contribution in [-0.2, 0) is 14.4 Å². The fourth-order valence-electron chi connectivity index (χ4n) is 5.25. The van der Waals surface area contributed by atoms with E-state index in [0.717, 1.165) is 19.3 Å². The first-order valence-electron chi connectivity index (χ1n) is 10.7. The summed E-state index contributed by atoms with van der Waals surface area (Å²) in [5, 5.41) is 9.48. The van der Waals surface area contributed by atoms with Gasteiger partial charge in [-0.05, 0) is 37.2 Å². The summed E-state index contributed by atoms with van der Waals surface area (Å²) in [6, 6.07) is 3.40. The number of amides is 4. The van der Waals surface area contributed by atoms with Gasteiger partial charge >= 0.3 is 0 Å². The van der Waals surface area contributed by atoms with E-state index in [1.54, 1.807) is 29.0 Å². The van der Waals surface area contributed by atoms with E-state index < -0.39 is 5.92 Å². The van der Waals surface area contributed by atoms with Crippen LogP contribution in [0.5, 0.6) is 0 Å². The van der Waals surface area contributed by atoms with Gasteiger partial charge in [0.25, 0.3) is 5.91 Å². The van der Waals surface area contributed by atoms with Crippen molar-refractivity contribution < 1.29 is 19.2 Å². The molecule has 31 heavy (non-hydrogen) atoms. The van der Waals surface area contributed by atoms with Gasteiger partial charge in [0.2, 0.25) is 17.7 Å². The highest BCUT2D eigenvalue weighted by Crippen LogP contribution is 2.40. The Morgan fingerprint density at radius 2 is 2.00 bits per heavy atom. The molecule has 4 fully saturated rings. The van der Waals surface area contributed by atoms with Crippen molar-refractivity contribution in [2.24, 2.45) is 17.8 Å². The zero-order chi connectivity index (χ0) is 21.5. The van der Waals surface area contributed by atoms with Crippen LogP contribution in [0, 0.1) is 17.8 Å². The zero-order valence-electron chi connectivity index (χ0n) is 17.0. The van der Waals surface area contributed by atoms with E-state index >= 15 is 0 Å². The minimum Gasteiger partial charge on any atom is -0.350 e. The minimum atomic E-state index is -0.582. The Kier molecular flexibility index (Phi) is 4.91. The van der Waals surface area contributed by atoms with Gasteiger partial charge in [-0.1, -0.05) is 0 Å². The molecule has 2 aromatic rings. The third-order valence-corrected chi connectivity index (χ3v) is 6.67. The lowest BCUT2D eigenvalue weighted by Crippen LogP contribution is -2.59. The van der Waals surface area contributed by atoms with E-state index in [0.29, 0.717) is 30.3 Å². The van der Waals surface area contributed by atoms with Crippen molar-refractivity contribution in [2.75, 3.05) is 13.1 Å². The molecule has 0 spiro atoms. The van der Waals surface area contributed by atoms with Gasteiger partial charge in [0, 0.05) is 50.4 Å². The number of aromatic nitrogens is 3. The lowest BCUT2D eigenvalue weighted by atomic mass is 9.72. The summed E-state index contributed by atoms with van der Waals surface area (Å²) in [5.74, 6) is -1.21. The molecule has 2 N–H and O–H groups in total. The highest BCUT2D eigenvalue weighted by atomic mass is 16.2. The summed E-state index contributed by atoms with van der Waals surface area (Å²) in [6.07, 6.45) is 6.38. The molecule has 6 rings (SSSR count). The summed E-state index contributed by atoms with van der Waals surface area (Å²) >= 11 is 0. The molecule has 3 aliphatic heterocycles. The van der Waals surface area contributed by atoms with Gasteiger partial charge in [0.1, 0.15) is 0 Å². The smallest absolute Gasteiger partial charge is 0.271 e. The normalized spacial score (nSPS) is 26.2. The van der Waals surface area contributed by atoms with Gasteiger partial charge in [-0.15, -0.1) is 0 Å². The van der Waals surface area contributed by atoms with Crippen LogP contribution in [0.1, 0.15) is 42.6 Å². The monoisotopic (exact) mass is 424 g/mol. The predicted octanol–water partition coefficient (Wildman–Crippen LogP) is 0.139. The van der Waals surface area contributed by atoms with Crippen LogP contribution in [0.3, 0.4) is 0 Å². The maximum atomic E-state index is 13.1. The molecule has 1 aliphatic carbocycles. The van der Waals surface area contributed by atoms with Gasteiger partial charge in [0.05, 0.1) is 5.92 Å². The van der Waals surface area contributed by atoms with Crippen LogP contribution < -0.4 is 10.6 Å². The third kappa shape index (κ3) is 3.77. The third-order valence-electron chi connectivity index (χ3n) is 6.67. The Morgan fingerprint density at radius 3 is 2.74 bits per heavy atom. The van der Waals surface area contributed by atoms with Gasteiger partial charge < -0.3 is 10.2 Å². The van der Waals surface area contributed by atoms with Crippen LogP contribution in [0.25, 0.3) is 5.65 Å². The summed E-state index contributed by atoms with van der Waals surface area (Å²) in [5.41, 5.74) is 0.909. The number of nitrogens with zero attached hydrogens (tertiary/aromatic N) is 4. The minimum absolute atomic E-state index is 0.0145. The predicted molar refractivity (Wildman–Crippen MR) is 108 cm³/mol. The van der Waals surface area contributed by atoms with Crippen molar-refractivity contribution in [2.45, 2.75) is 38.1 Å². The molecule has 3 atom stereocenters. The van der Waals surface area contributed by atoms with Crippen molar-refractivity contribution >= 4 is 29.3 Å². The molecule has 2 bridgehead atoms. The number of carbonyl (C=O) groups excluding carboxylic acids is 4. The van der Waals surface area contributed by atoms with Crippen LogP contribution >= 0.6 is 0 Å². The first-order chi connectivity index (χ1) is 15.0. The number of nitrogens with one attached hydrogen (secondary N) is 2. The van der Waals surface area contributed by atoms with Crippen molar-refractivity contribution in [3.63, 3.8) is 0 Å². The van der Waals surface area contributed by atoms with Gasteiger partial charge in [-0.2, -0.15) is 5.10 Å². The number of rotatable bonds is 4. The molecule has 3 unspecified atom stereocenters. The van der Waals surface area contributed by atoms with Crippen molar-refractivity contribution in [3.8, 4) is 0 Å². The average Bonchev–Trinajstić information content (AvgIpc) is 3.21. The van der Waals surface area contributed by atoms with E-state index in [-0.39, 0.29) is 48.4 Å². The molecule has 10 heteroatoms. The first kappa shape index (κ1) is 19.7. The molecule has 3 saturated heterocycles. The van der Waals surface area contributed by atoms with Crippen molar-refractivity contribution in [3.05, 3.63) is 30.2 Å². The summed E-state index contributed by atoms with van der Waals surface area (Å²) < 4.78 is 1.56. The zero-order valence-corrected chi connectivity index (χ0v) is 17.0. The van der Waals surface area contributed by atoms with Gasteiger partial charge in [-0.3, -0.25) is 24.5 Å². The van der Waals surface area contributed by atoms with Gasteiger partial charge in [-0.25, -0.2) is 9.50 Å². The average molecular weight is 424 g/mol. The fraction of sp³-hybridized carbons (Fsp3) is 0.524. The molecule has 1 saturated carbocycles. The second-order valence-corrected chi connectivity index (χ2v) is 8.74. The summed E-state index contributed by atoms with van der Waals surface area (Å²) in [6.45, 7) is 1.12. The van der Waals surface area contributed by atoms with E-state index in [9.17, 15) is 19.2 Å². The van der Waals surface area contributed by atoms with E-state index in [4.69, 9.17) is 0 Å². The molecule has 5 heterocycles. The molecule has 10 nitrogen and oxygen atoms in total. The van der Waals surface area contributed by atoms with E-state index in [2.05, 4.69) is 20.7 Å². The van der Waals surface area contributed by atoms with Crippen molar-refractivity contribution in [1.29, 1.82) is 0 Å². The summed E-state index contributed by atoms with van der Waals surface area (Å²) in [4.78, 5) is 55.2. The molecular formula is C21H24N6O4. The summed E-state index contributed by atoms with van der Waals surface area (Å²) in [7, 11) is 0. The van der Waals surface area contributed by atoms with E-state index in [1.807, 2.05) is 4.90 Å². The van der Waals surface area contributed by atoms with Crippen LogP contribution in [-0.4, -0.2) is 62.3 Å². The second-order valence-electron chi connectivity index (χ2n) is 8.74. The topological polar surface area (TPSA) is 126 Å². The number of imide groups is 1. The van der Waals surface area contributed by atoms with Crippen LogP contribution in [0.4, 0.5) is 0 Å². The largest absolute Gasteiger partial charge is 0.350 e. The number of piperidine rings is 3. The standard InChI is InChI=1S/C21H24N6O4/c28-18-7-13(8-19(29)24-18)21(31)26-11-12-2-3-16(26)14(6-12)10-23-20(30)15-9-17-22-4-1-5-27(17)25-15/h1,4-5,9,12-14,16H,2-3,6-8,10-11H2,(H,23,30)(H,24,28,29). The Bertz CT molecular complexity index is 1020. The van der Waals surface area contributed by atoms with Gasteiger partial charge in [0.15, 0.2) is 11.3 Å². The molecule has 2 aromatic heterocycles. The highest BCUT2D eigenvalue weighted by Gasteiger charge is 2.45. The SMILES string of the molecule is O=C1CC(C(=O)N2CC3CCC2C(CNC(=O)c2cc4ncccn4n2)C3)CC(=O)N1. The lowest BCUT2D eigenvalue weighted by Gasteiger charge is -2.51. The van der Waals surface area contributed by atoms with Crippen LogP contribution in [0.2, 0.25) is 0 Å². The molecule has 0 aromatic carbocycles. The first-order valence-corrected chi connectivity index (χ1v) is 10.7. The molecular weight excluding hydrogens is 400 g/mol. The number of hydrogen-bond acceptors (Lipinski definition) is 6. The van der Waals surface area contributed by atoms with E-state index in [1.165, 1.54) is 0 Å². The second kappa shape index (κ2) is 7.75. The van der Waals surface area contributed by atoms with Crippen LogP contribution in [0.15, 0.2) is 24.5 Å². The quantitative estimate of drug-likeness (QED) is 0.673. The Hall–Kier alpha value is -3.30. The number of carbonyl (C=O) groups is 4. The molecule has 0 radical (unpaired) electrons.